The summed E-state index contributed by atoms with van der Waals surface area (Å²) in [7, 11) is 2.14. The molecule has 1 aromatic heterocycles. The Bertz CT molecular complexity index is 1440. The molecule has 2 fully saturated rings. The van der Waals surface area contributed by atoms with Crippen LogP contribution < -0.4 is 14.5 Å². The number of hydrogen-bond acceptors (Lipinski definition) is 7. The van der Waals surface area contributed by atoms with Gasteiger partial charge in [-0.05, 0) is 56.4 Å². The van der Waals surface area contributed by atoms with Crippen LogP contribution in [0.2, 0.25) is 5.02 Å². The lowest BCUT2D eigenvalue weighted by molar-refractivity contribution is -0.126. The lowest BCUT2D eigenvalue weighted by Crippen LogP contribution is -2.49. The van der Waals surface area contributed by atoms with E-state index in [1.807, 2.05) is 12.1 Å². The molecule has 1 atom stereocenters. The van der Waals surface area contributed by atoms with E-state index in [1.54, 1.807) is 4.90 Å². The number of likely N-dealkylation sites (N-methyl/N-ethyl adjacent to an activating group) is 1. The molecule has 216 valence electrons. The van der Waals surface area contributed by atoms with Gasteiger partial charge in [-0.3, -0.25) is 4.79 Å². The van der Waals surface area contributed by atoms with E-state index < -0.39 is 6.67 Å². The molecule has 4 heterocycles. The minimum atomic E-state index is -0.639. The number of rotatable bonds is 7. The number of halogens is 2. The molecule has 8 nitrogen and oxygen atoms in total. The number of ether oxygens (including phenoxy) is 1. The van der Waals surface area contributed by atoms with Gasteiger partial charge in [-0.25, -0.2) is 4.39 Å². The fourth-order valence-electron chi connectivity index (χ4n) is 6.21. The molecule has 2 saturated heterocycles. The molecule has 0 aliphatic carbocycles. The molecular formula is C31H36ClFN6O2. The first-order chi connectivity index (χ1) is 20.0. The minimum absolute atomic E-state index is 0.152. The molecule has 10 heteroatoms. The summed E-state index contributed by atoms with van der Waals surface area (Å²) in [6, 6.07) is 13.1. The van der Waals surface area contributed by atoms with Gasteiger partial charge in [-0.2, -0.15) is 9.97 Å². The predicted molar refractivity (Wildman–Crippen MR) is 161 cm³/mol. The van der Waals surface area contributed by atoms with Crippen LogP contribution in [0, 0.1) is 0 Å². The second kappa shape index (κ2) is 12.2. The van der Waals surface area contributed by atoms with Gasteiger partial charge < -0.3 is 24.3 Å². The first-order valence-corrected chi connectivity index (χ1v) is 14.8. The van der Waals surface area contributed by atoms with Gasteiger partial charge in [0.25, 0.3) is 0 Å². The first kappa shape index (κ1) is 27.7. The highest BCUT2D eigenvalue weighted by Gasteiger charge is 2.30. The Morgan fingerprint density at radius 2 is 1.88 bits per heavy atom. The predicted octanol–water partition coefficient (Wildman–Crippen LogP) is 4.49. The summed E-state index contributed by atoms with van der Waals surface area (Å²) in [5.41, 5.74) is 3.20. The number of amides is 1. The lowest BCUT2D eigenvalue weighted by atomic mass is 10.0. The maximum absolute atomic E-state index is 12.5. The summed E-state index contributed by atoms with van der Waals surface area (Å²) in [6.07, 6.45) is 5.65. The van der Waals surface area contributed by atoms with E-state index in [1.165, 1.54) is 18.6 Å². The van der Waals surface area contributed by atoms with Crippen molar-refractivity contribution in [1.29, 1.82) is 0 Å². The molecule has 0 spiro atoms. The largest absolute Gasteiger partial charge is 0.462 e. The number of fused-ring (bicyclic) bond motifs is 2. The van der Waals surface area contributed by atoms with Crippen LogP contribution in [0.25, 0.3) is 10.8 Å². The SMILES string of the molecule is CN1CCC[C@@H]1COc1nc2c(c(N3CCN(C(=O)/C=C/CF)CC3)n1)CCN(c1cccc3cccc(Cl)c13)C2. The Morgan fingerprint density at radius 1 is 1.07 bits per heavy atom. The molecular weight excluding hydrogens is 543 g/mol. The molecule has 0 radical (unpaired) electrons. The highest BCUT2D eigenvalue weighted by atomic mass is 35.5. The van der Waals surface area contributed by atoms with Gasteiger partial charge >= 0.3 is 6.01 Å². The van der Waals surface area contributed by atoms with Crippen LogP contribution in [0.15, 0.2) is 48.6 Å². The van der Waals surface area contributed by atoms with Crippen molar-refractivity contribution in [3.05, 3.63) is 64.8 Å². The fraction of sp³-hybridized carbons (Fsp3) is 0.452. The molecule has 1 amide bonds. The van der Waals surface area contributed by atoms with Crippen molar-refractivity contribution < 1.29 is 13.9 Å². The van der Waals surface area contributed by atoms with Gasteiger partial charge in [0.1, 0.15) is 19.1 Å². The summed E-state index contributed by atoms with van der Waals surface area (Å²) >= 11 is 6.68. The average molecular weight is 579 g/mol. The fourth-order valence-corrected chi connectivity index (χ4v) is 6.49. The van der Waals surface area contributed by atoms with E-state index in [-0.39, 0.29) is 5.91 Å². The number of likely N-dealkylation sites (tertiary alicyclic amines) is 1. The highest BCUT2D eigenvalue weighted by Crippen LogP contribution is 2.37. The van der Waals surface area contributed by atoms with Crippen LogP contribution in [0.3, 0.4) is 0 Å². The van der Waals surface area contributed by atoms with Gasteiger partial charge in [0.15, 0.2) is 0 Å². The lowest BCUT2D eigenvalue weighted by Gasteiger charge is -2.38. The van der Waals surface area contributed by atoms with E-state index in [4.69, 9.17) is 26.3 Å². The number of piperazine rings is 1. The second-order valence-corrected chi connectivity index (χ2v) is 11.4. The zero-order valence-corrected chi connectivity index (χ0v) is 24.2. The summed E-state index contributed by atoms with van der Waals surface area (Å²) < 4.78 is 18.8. The van der Waals surface area contributed by atoms with Crippen molar-refractivity contribution in [3.8, 4) is 6.01 Å². The van der Waals surface area contributed by atoms with Gasteiger partial charge in [-0.15, -0.1) is 0 Å². The molecule has 41 heavy (non-hydrogen) atoms. The van der Waals surface area contributed by atoms with Crippen molar-refractivity contribution in [2.75, 3.05) is 69.4 Å². The zero-order chi connectivity index (χ0) is 28.3. The van der Waals surface area contributed by atoms with E-state index in [0.29, 0.717) is 51.4 Å². The molecule has 0 unspecified atom stereocenters. The van der Waals surface area contributed by atoms with Crippen LogP contribution in [0.4, 0.5) is 15.9 Å². The highest BCUT2D eigenvalue weighted by molar-refractivity contribution is 6.36. The number of alkyl halides is 1. The van der Waals surface area contributed by atoms with Gasteiger partial charge in [0.2, 0.25) is 5.91 Å². The first-order valence-electron chi connectivity index (χ1n) is 14.4. The van der Waals surface area contributed by atoms with Crippen molar-refractivity contribution in [2.45, 2.75) is 31.8 Å². The quantitative estimate of drug-likeness (QED) is 0.383. The number of hydrogen-bond donors (Lipinski definition) is 0. The van der Waals surface area contributed by atoms with Crippen LogP contribution >= 0.6 is 11.6 Å². The Balaban J connectivity index is 1.28. The summed E-state index contributed by atoms with van der Waals surface area (Å²) in [5.74, 6) is 0.743. The maximum atomic E-state index is 12.5. The van der Waals surface area contributed by atoms with Crippen molar-refractivity contribution in [1.82, 2.24) is 19.8 Å². The van der Waals surface area contributed by atoms with Crippen molar-refractivity contribution in [3.63, 3.8) is 0 Å². The normalized spacial score (nSPS) is 19.8. The molecule has 6 rings (SSSR count). The van der Waals surface area contributed by atoms with Crippen LogP contribution in [0.1, 0.15) is 24.1 Å². The third-order valence-corrected chi connectivity index (χ3v) is 8.83. The van der Waals surface area contributed by atoms with Gasteiger partial charge in [0, 0.05) is 61.5 Å². The number of anilines is 2. The van der Waals surface area contributed by atoms with Crippen molar-refractivity contribution >= 4 is 39.8 Å². The summed E-state index contributed by atoms with van der Waals surface area (Å²) in [6.45, 7) is 4.83. The van der Waals surface area contributed by atoms with E-state index in [0.717, 1.165) is 64.5 Å². The Kier molecular flexibility index (Phi) is 8.25. The van der Waals surface area contributed by atoms with Gasteiger partial charge in [-0.1, -0.05) is 35.9 Å². The maximum Gasteiger partial charge on any atom is 0.318 e. The van der Waals surface area contributed by atoms with E-state index in [2.05, 4.69) is 46.0 Å². The number of aromatic nitrogens is 2. The Hall–Kier alpha value is -3.43. The number of benzene rings is 2. The third-order valence-electron chi connectivity index (χ3n) is 8.51. The topological polar surface area (TPSA) is 65.0 Å². The molecule has 0 N–H and O–H groups in total. The standard InChI is InChI=1S/C31H36ClFN6O2/c1-36-14-5-8-23(36)21-41-31-34-26-20-39(27-10-3-7-22-6-2-9-25(32)29(22)27)15-12-24(26)30(35-31)38-18-16-37(17-19-38)28(40)11-4-13-33/h2-4,6-7,9-11,23H,5,8,12-21H2,1H3/b11-4+/t23-/m1/s1. The van der Waals surface area contributed by atoms with Crippen LogP contribution in [-0.2, 0) is 17.8 Å². The third kappa shape index (κ3) is 5.83. The molecule has 2 aromatic carbocycles. The molecule has 3 aliphatic heterocycles. The average Bonchev–Trinajstić information content (AvgIpc) is 3.42. The monoisotopic (exact) mass is 578 g/mol. The van der Waals surface area contributed by atoms with Crippen molar-refractivity contribution in [2.24, 2.45) is 0 Å². The van der Waals surface area contributed by atoms with Gasteiger partial charge in [0.05, 0.1) is 17.3 Å². The Labute approximate surface area is 245 Å². The summed E-state index contributed by atoms with van der Waals surface area (Å²) in [4.78, 5) is 31.0. The minimum Gasteiger partial charge on any atom is -0.462 e. The number of carbonyl (C=O) groups is 1. The number of carbonyl (C=O) groups excluding carboxylic acids is 1. The molecule has 3 aliphatic rings. The molecule has 3 aromatic rings. The zero-order valence-electron chi connectivity index (χ0n) is 23.4. The smallest absolute Gasteiger partial charge is 0.318 e. The molecule has 0 saturated carbocycles. The Morgan fingerprint density at radius 3 is 2.63 bits per heavy atom. The number of allylic oxidation sites excluding steroid dienone is 1. The van der Waals surface area contributed by atoms with Crippen LogP contribution in [0.5, 0.6) is 6.01 Å². The molecule has 0 bridgehead atoms. The van der Waals surface area contributed by atoms with E-state index >= 15 is 0 Å². The van der Waals surface area contributed by atoms with Crippen LogP contribution in [-0.4, -0.2) is 91.3 Å². The second-order valence-electron chi connectivity index (χ2n) is 11.0. The number of nitrogens with zero attached hydrogens (tertiary/aromatic N) is 6. The summed E-state index contributed by atoms with van der Waals surface area (Å²) in [5, 5.41) is 2.91. The van der Waals surface area contributed by atoms with E-state index in [9.17, 15) is 9.18 Å².